The van der Waals surface area contributed by atoms with E-state index in [-0.39, 0.29) is 12.6 Å². The summed E-state index contributed by atoms with van der Waals surface area (Å²) in [5.74, 6) is 0.941. The lowest BCUT2D eigenvalue weighted by Crippen LogP contribution is -2.31. The van der Waals surface area contributed by atoms with E-state index >= 15 is 0 Å². The van der Waals surface area contributed by atoms with E-state index in [1.807, 2.05) is 0 Å². The second-order valence-corrected chi connectivity index (χ2v) is 5.28. The molecule has 2 N–H and O–H groups in total. The average molecular weight is 287 g/mol. The SMILES string of the molecule is CCCOc1ccc2ccccc2c1CN[C@H](CC)CO. The first-order chi connectivity index (χ1) is 10.3. The van der Waals surface area contributed by atoms with Gasteiger partial charge in [-0.25, -0.2) is 0 Å². The largest absolute Gasteiger partial charge is 0.493 e. The number of nitrogens with one attached hydrogen (secondary N) is 1. The maximum atomic E-state index is 9.33. The number of ether oxygens (including phenoxy) is 1. The lowest BCUT2D eigenvalue weighted by Gasteiger charge is -2.18. The Morgan fingerprint density at radius 2 is 1.95 bits per heavy atom. The summed E-state index contributed by atoms with van der Waals surface area (Å²) in [6, 6.07) is 12.6. The normalized spacial score (nSPS) is 12.5. The number of aliphatic hydroxyl groups excluding tert-OH is 1. The van der Waals surface area contributed by atoms with Crippen LogP contribution in [0.3, 0.4) is 0 Å². The summed E-state index contributed by atoms with van der Waals surface area (Å²) in [6.07, 6.45) is 1.90. The topological polar surface area (TPSA) is 41.5 Å². The molecule has 0 aromatic heterocycles. The molecule has 3 nitrogen and oxygen atoms in total. The van der Waals surface area contributed by atoms with Gasteiger partial charge in [-0.1, -0.05) is 44.2 Å². The monoisotopic (exact) mass is 287 g/mol. The molecule has 0 saturated carbocycles. The minimum Gasteiger partial charge on any atom is -0.493 e. The van der Waals surface area contributed by atoms with Gasteiger partial charge < -0.3 is 15.2 Å². The van der Waals surface area contributed by atoms with Gasteiger partial charge in [0.05, 0.1) is 13.2 Å². The number of rotatable bonds is 8. The molecule has 21 heavy (non-hydrogen) atoms. The third-order valence-electron chi connectivity index (χ3n) is 3.74. The third kappa shape index (κ3) is 3.96. The van der Waals surface area contributed by atoms with E-state index in [1.165, 1.54) is 16.3 Å². The number of aliphatic hydroxyl groups is 1. The first-order valence-corrected chi connectivity index (χ1v) is 7.77. The quantitative estimate of drug-likeness (QED) is 0.781. The van der Waals surface area contributed by atoms with Crippen LogP contribution in [0.1, 0.15) is 32.3 Å². The number of fused-ring (bicyclic) bond motifs is 1. The van der Waals surface area contributed by atoms with Crippen LogP contribution in [0.5, 0.6) is 5.75 Å². The molecule has 0 unspecified atom stereocenters. The van der Waals surface area contributed by atoms with Gasteiger partial charge in [-0.2, -0.15) is 0 Å². The Labute approximate surface area is 126 Å². The second kappa shape index (κ2) is 8.01. The zero-order chi connectivity index (χ0) is 15.1. The zero-order valence-corrected chi connectivity index (χ0v) is 12.9. The van der Waals surface area contributed by atoms with E-state index in [2.05, 4.69) is 55.6 Å². The van der Waals surface area contributed by atoms with Crippen molar-refractivity contribution in [3.05, 3.63) is 42.0 Å². The maximum Gasteiger partial charge on any atom is 0.124 e. The minimum atomic E-state index is 0.128. The molecular formula is C18H25NO2. The fourth-order valence-corrected chi connectivity index (χ4v) is 2.43. The van der Waals surface area contributed by atoms with E-state index in [1.54, 1.807) is 0 Å². The van der Waals surface area contributed by atoms with Gasteiger partial charge in [0.25, 0.3) is 0 Å². The van der Waals surface area contributed by atoms with Gasteiger partial charge in [-0.3, -0.25) is 0 Å². The second-order valence-electron chi connectivity index (χ2n) is 5.28. The smallest absolute Gasteiger partial charge is 0.124 e. The lowest BCUT2D eigenvalue weighted by molar-refractivity contribution is 0.237. The Morgan fingerprint density at radius 3 is 2.67 bits per heavy atom. The van der Waals surface area contributed by atoms with Crippen molar-refractivity contribution in [2.24, 2.45) is 0 Å². The molecule has 0 spiro atoms. The van der Waals surface area contributed by atoms with Crippen LogP contribution >= 0.6 is 0 Å². The molecule has 0 fully saturated rings. The molecule has 0 bridgehead atoms. The Morgan fingerprint density at radius 1 is 1.14 bits per heavy atom. The standard InChI is InChI=1S/C18H25NO2/c1-3-11-21-18-10-9-14-7-5-6-8-16(14)17(18)12-19-15(4-2)13-20/h5-10,15,19-20H,3-4,11-13H2,1-2H3/t15-/m1/s1. The minimum absolute atomic E-state index is 0.128. The van der Waals surface area contributed by atoms with Gasteiger partial charge >= 0.3 is 0 Å². The van der Waals surface area contributed by atoms with Crippen molar-refractivity contribution in [2.45, 2.75) is 39.3 Å². The average Bonchev–Trinajstić information content (AvgIpc) is 2.54. The molecule has 2 aromatic rings. The Hall–Kier alpha value is -1.58. The van der Waals surface area contributed by atoms with Crippen molar-refractivity contribution >= 4 is 10.8 Å². The van der Waals surface area contributed by atoms with Crippen LogP contribution in [0.25, 0.3) is 10.8 Å². The maximum absolute atomic E-state index is 9.33. The molecular weight excluding hydrogens is 262 g/mol. The van der Waals surface area contributed by atoms with Crippen molar-refractivity contribution < 1.29 is 9.84 Å². The summed E-state index contributed by atoms with van der Waals surface area (Å²) in [5, 5.41) is 15.2. The van der Waals surface area contributed by atoms with Gasteiger partial charge in [0.15, 0.2) is 0 Å². The van der Waals surface area contributed by atoms with Crippen molar-refractivity contribution in [2.75, 3.05) is 13.2 Å². The van der Waals surface area contributed by atoms with Crippen LogP contribution in [0, 0.1) is 0 Å². The van der Waals surface area contributed by atoms with Crippen molar-refractivity contribution in [3.8, 4) is 5.75 Å². The Balaban J connectivity index is 2.31. The lowest BCUT2D eigenvalue weighted by atomic mass is 10.0. The summed E-state index contributed by atoms with van der Waals surface area (Å²) in [6.45, 7) is 5.78. The molecule has 0 radical (unpaired) electrons. The molecule has 0 saturated heterocycles. The van der Waals surface area contributed by atoms with Crippen LogP contribution < -0.4 is 10.1 Å². The molecule has 0 amide bonds. The van der Waals surface area contributed by atoms with Gasteiger partial charge in [0.2, 0.25) is 0 Å². The summed E-state index contributed by atoms with van der Waals surface area (Å²) in [7, 11) is 0. The highest BCUT2D eigenvalue weighted by Crippen LogP contribution is 2.28. The van der Waals surface area contributed by atoms with Gasteiger partial charge in [-0.15, -0.1) is 0 Å². The van der Waals surface area contributed by atoms with E-state index in [0.29, 0.717) is 6.54 Å². The molecule has 0 aliphatic rings. The first-order valence-electron chi connectivity index (χ1n) is 7.77. The van der Waals surface area contributed by atoms with Gasteiger partial charge in [0, 0.05) is 18.2 Å². The summed E-state index contributed by atoms with van der Waals surface area (Å²) in [5.41, 5.74) is 1.17. The number of benzene rings is 2. The first kappa shape index (κ1) is 15.8. The highest BCUT2D eigenvalue weighted by molar-refractivity contribution is 5.87. The van der Waals surface area contributed by atoms with E-state index < -0.39 is 0 Å². The van der Waals surface area contributed by atoms with Crippen molar-refractivity contribution in [1.82, 2.24) is 5.32 Å². The van der Waals surface area contributed by atoms with Crippen LogP contribution in [0.4, 0.5) is 0 Å². The third-order valence-corrected chi connectivity index (χ3v) is 3.74. The predicted molar refractivity (Wildman–Crippen MR) is 87.7 cm³/mol. The number of hydrogen-bond donors (Lipinski definition) is 2. The van der Waals surface area contributed by atoms with Gasteiger partial charge in [0.1, 0.15) is 5.75 Å². The molecule has 114 valence electrons. The van der Waals surface area contributed by atoms with Crippen molar-refractivity contribution in [1.29, 1.82) is 0 Å². The highest BCUT2D eigenvalue weighted by atomic mass is 16.5. The van der Waals surface area contributed by atoms with Crippen LogP contribution in [-0.4, -0.2) is 24.4 Å². The Kier molecular flexibility index (Phi) is 6.03. The molecule has 1 atom stereocenters. The molecule has 2 rings (SSSR count). The van der Waals surface area contributed by atoms with Crippen molar-refractivity contribution in [3.63, 3.8) is 0 Å². The molecule has 2 aromatic carbocycles. The van der Waals surface area contributed by atoms with E-state index in [9.17, 15) is 5.11 Å². The molecule has 3 heteroatoms. The highest BCUT2D eigenvalue weighted by Gasteiger charge is 2.11. The van der Waals surface area contributed by atoms with Crippen LogP contribution in [-0.2, 0) is 6.54 Å². The Bertz CT molecular complexity index is 564. The fraction of sp³-hybridized carbons (Fsp3) is 0.444. The summed E-state index contributed by atoms with van der Waals surface area (Å²) in [4.78, 5) is 0. The predicted octanol–water partition coefficient (Wildman–Crippen LogP) is 3.49. The fourth-order valence-electron chi connectivity index (χ4n) is 2.43. The molecule has 0 aliphatic heterocycles. The zero-order valence-electron chi connectivity index (χ0n) is 12.9. The summed E-state index contributed by atoms with van der Waals surface area (Å²) >= 11 is 0. The van der Waals surface area contributed by atoms with Gasteiger partial charge in [-0.05, 0) is 29.7 Å². The number of hydrogen-bond acceptors (Lipinski definition) is 3. The van der Waals surface area contributed by atoms with E-state index in [4.69, 9.17) is 4.74 Å². The van der Waals surface area contributed by atoms with Crippen LogP contribution in [0.2, 0.25) is 0 Å². The molecule has 0 aliphatic carbocycles. The van der Waals surface area contributed by atoms with E-state index in [0.717, 1.165) is 25.2 Å². The molecule has 0 heterocycles. The summed E-state index contributed by atoms with van der Waals surface area (Å²) < 4.78 is 5.89. The van der Waals surface area contributed by atoms with Crippen LogP contribution in [0.15, 0.2) is 36.4 Å².